The first-order chi connectivity index (χ1) is 12.2. The zero-order valence-electron chi connectivity index (χ0n) is 13.7. The van der Waals surface area contributed by atoms with Gasteiger partial charge >= 0.3 is 0 Å². The second-order valence-corrected chi connectivity index (χ2v) is 5.81. The van der Waals surface area contributed by atoms with Crippen LogP contribution in [0.25, 0.3) is 22.2 Å². The average molecular weight is 329 g/mol. The molecule has 25 heavy (non-hydrogen) atoms. The summed E-state index contributed by atoms with van der Waals surface area (Å²) in [6.45, 7) is 0. The molecule has 0 aliphatic rings. The molecule has 0 spiro atoms. The van der Waals surface area contributed by atoms with Crippen molar-refractivity contribution in [2.75, 3.05) is 11.9 Å². The predicted molar refractivity (Wildman–Crippen MR) is 99.4 cm³/mol. The highest BCUT2D eigenvalue weighted by atomic mass is 19.1. The molecule has 0 saturated carbocycles. The summed E-state index contributed by atoms with van der Waals surface area (Å²) < 4.78 is 13.6. The van der Waals surface area contributed by atoms with E-state index in [4.69, 9.17) is 4.98 Å². The van der Waals surface area contributed by atoms with E-state index in [2.05, 4.69) is 4.98 Å². The molecule has 4 aromatic rings. The van der Waals surface area contributed by atoms with Crippen molar-refractivity contribution in [3.05, 3.63) is 84.8 Å². The van der Waals surface area contributed by atoms with E-state index in [0.717, 1.165) is 33.7 Å². The maximum atomic E-state index is 13.6. The Morgan fingerprint density at radius 3 is 2.52 bits per heavy atom. The fraction of sp³-hybridized carbons (Fsp3) is 0.0476. The van der Waals surface area contributed by atoms with Crippen molar-refractivity contribution >= 4 is 22.4 Å². The topological polar surface area (TPSA) is 29.0 Å². The Labute approximate surface area is 145 Å². The molecular formula is C21H16FN3. The van der Waals surface area contributed by atoms with Gasteiger partial charge in [-0.1, -0.05) is 36.4 Å². The lowest BCUT2D eigenvalue weighted by molar-refractivity contribution is 0.628. The van der Waals surface area contributed by atoms with Crippen LogP contribution in [0.15, 0.2) is 79.0 Å². The largest absolute Gasteiger partial charge is 0.329 e. The molecule has 0 atom stereocenters. The van der Waals surface area contributed by atoms with Crippen LogP contribution in [-0.2, 0) is 0 Å². The molecule has 0 N–H and O–H groups in total. The van der Waals surface area contributed by atoms with Gasteiger partial charge in [0.25, 0.3) is 0 Å². The summed E-state index contributed by atoms with van der Waals surface area (Å²) >= 11 is 0. The minimum Gasteiger partial charge on any atom is -0.329 e. The molecule has 0 radical (unpaired) electrons. The number of hydrogen-bond donors (Lipinski definition) is 0. The first-order valence-corrected chi connectivity index (χ1v) is 8.03. The Kier molecular flexibility index (Phi) is 3.86. The number of nitrogens with zero attached hydrogens (tertiary/aromatic N) is 3. The summed E-state index contributed by atoms with van der Waals surface area (Å²) in [4.78, 5) is 11.2. The van der Waals surface area contributed by atoms with Crippen LogP contribution in [0.3, 0.4) is 0 Å². The van der Waals surface area contributed by atoms with E-state index in [0.29, 0.717) is 0 Å². The first-order valence-electron chi connectivity index (χ1n) is 8.03. The number of fused-ring (bicyclic) bond motifs is 1. The standard InChI is InChI=1S/C21H16FN3/c1-25(17-10-5-9-16(22)13-17)21-18-11-6-12-23-20(18)14-19(24-21)15-7-3-2-4-8-15/h2-14H,1H3. The Morgan fingerprint density at radius 2 is 1.72 bits per heavy atom. The van der Waals surface area contributed by atoms with Gasteiger partial charge < -0.3 is 4.90 Å². The van der Waals surface area contributed by atoms with Crippen LogP contribution >= 0.6 is 0 Å². The van der Waals surface area contributed by atoms with Crippen molar-refractivity contribution in [2.24, 2.45) is 0 Å². The molecular weight excluding hydrogens is 313 g/mol. The molecule has 0 saturated heterocycles. The maximum Gasteiger partial charge on any atom is 0.142 e. The number of aromatic nitrogens is 2. The molecule has 0 fully saturated rings. The molecule has 4 heteroatoms. The third-order valence-electron chi connectivity index (χ3n) is 4.16. The van der Waals surface area contributed by atoms with Crippen LogP contribution in [-0.4, -0.2) is 17.0 Å². The fourth-order valence-electron chi connectivity index (χ4n) is 2.88. The van der Waals surface area contributed by atoms with Crippen LogP contribution in [0.5, 0.6) is 0 Å². The van der Waals surface area contributed by atoms with Crippen molar-refractivity contribution < 1.29 is 4.39 Å². The van der Waals surface area contributed by atoms with Crippen LogP contribution in [0.1, 0.15) is 0 Å². The molecule has 2 aromatic carbocycles. The molecule has 2 aromatic heterocycles. The van der Waals surface area contributed by atoms with Crippen molar-refractivity contribution in [3.8, 4) is 11.3 Å². The van der Waals surface area contributed by atoms with Crippen molar-refractivity contribution in [3.63, 3.8) is 0 Å². The lowest BCUT2D eigenvalue weighted by atomic mass is 10.1. The molecule has 0 unspecified atom stereocenters. The molecule has 4 rings (SSSR count). The predicted octanol–water partition coefficient (Wildman–Crippen LogP) is 5.20. The number of hydrogen-bond acceptors (Lipinski definition) is 3. The van der Waals surface area contributed by atoms with Gasteiger partial charge in [-0.3, -0.25) is 4.98 Å². The minimum absolute atomic E-state index is 0.272. The highest BCUT2D eigenvalue weighted by molar-refractivity contribution is 5.94. The number of rotatable bonds is 3. The van der Waals surface area contributed by atoms with E-state index < -0.39 is 0 Å². The quantitative estimate of drug-likeness (QED) is 0.517. The molecule has 0 aliphatic heterocycles. The summed E-state index contributed by atoms with van der Waals surface area (Å²) in [5.74, 6) is 0.473. The minimum atomic E-state index is -0.272. The van der Waals surface area contributed by atoms with Crippen molar-refractivity contribution in [1.29, 1.82) is 0 Å². The van der Waals surface area contributed by atoms with Crippen LogP contribution in [0.2, 0.25) is 0 Å². The van der Waals surface area contributed by atoms with Gasteiger partial charge in [0, 0.05) is 29.9 Å². The van der Waals surface area contributed by atoms with Crippen LogP contribution in [0, 0.1) is 5.82 Å². The number of benzene rings is 2. The lowest BCUT2D eigenvalue weighted by Crippen LogP contribution is -2.12. The van der Waals surface area contributed by atoms with Gasteiger partial charge in [-0.05, 0) is 36.4 Å². The zero-order valence-corrected chi connectivity index (χ0v) is 13.7. The summed E-state index contributed by atoms with van der Waals surface area (Å²) in [6, 6.07) is 22.3. The van der Waals surface area contributed by atoms with E-state index in [-0.39, 0.29) is 5.82 Å². The third kappa shape index (κ3) is 2.94. The Hall–Kier alpha value is -3.27. The van der Waals surface area contributed by atoms with E-state index in [1.54, 1.807) is 12.3 Å². The maximum absolute atomic E-state index is 13.6. The smallest absolute Gasteiger partial charge is 0.142 e. The van der Waals surface area contributed by atoms with Gasteiger partial charge in [0.05, 0.1) is 11.2 Å². The second-order valence-electron chi connectivity index (χ2n) is 5.81. The van der Waals surface area contributed by atoms with Gasteiger partial charge in [-0.15, -0.1) is 0 Å². The molecule has 0 amide bonds. The molecule has 122 valence electrons. The SMILES string of the molecule is CN(c1cccc(F)c1)c1nc(-c2ccccc2)cc2ncccc12. The summed E-state index contributed by atoms with van der Waals surface area (Å²) in [5, 5.41) is 0.925. The number of halogens is 1. The van der Waals surface area contributed by atoms with E-state index in [9.17, 15) is 4.39 Å². The van der Waals surface area contributed by atoms with Gasteiger partial charge in [-0.2, -0.15) is 0 Å². The van der Waals surface area contributed by atoms with Crippen molar-refractivity contribution in [2.45, 2.75) is 0 Å². The normalized spacial score (nSPS) is 10.8. The average Bonchev–Trinajstić information content (AvgIpc) is 2.67. The van der Waals surface area contributed by atoms with Gasteiger partial charge in [0.1, 0.15) is 11.6 Å². The highest BCUT2D eigenvalue weighted by Gasteiger charge is 2.14. The lowest BCUT2D eigenvalue weighted by Gasteiger charge is -2.21. The van der Waals surface area contributed by atoms with E-state index in [1.807, 2.05) is 66.5 Å². The van der Waals surface area contributed by atoms with Crippen LogP contribution in [0.4, 0.5) is 15.9 Å². The van der Waals surface area contributed by atoms with E-state index >= 15 is 0 Å². The summed E-state index contributed by atoms with van der Waals surface area (Å²) in [5.41, 5.74) is 3.45. The Morgan fingerprint density at radius 1 is 0.880 bits per heavy atom. The molecule has 0 aliphatic carbocycles. The Bertz CT molecular complexity index is 1030. The number of pyridine rings is 2. The summed E-state index contributed by atoms with van der Waals surface area (Å²) in [6.07, 6.45) is 1.77. The van der Waals surface area contributed by atoms with Crippen LogP contribution < -0.4 is 4.90 Å². The molecule has 3 nitrogen and oxygen atoms in total. The summed E-state index contributed by atoms with van der Waals surface area (Å²) in [7, 11) is 1.89. The molecule has 2 heterocycles. The zero-order chi connectivity index (χ0) is 17.2. The second kappa shape index (κ2) is 6.32. The van der Waals surface area contributed by atoms with Gasteiger partial charge in [0.2, 0.25) is 0 Å². The first kappa shape index (κ1) is 15.3. The Balaban J connectivity index is 1.92. The van der Waals surface area contributed by atoms with Crippen molar-refractivity contribution in [1.82, 2.24) is 9.97 Å². The highest BCUT2D eigenvalue weighted by Crippen LogP contribution is 2.32. The molecule has 0 bridgehead atoms. The van der Waals surface area contributed by atoms with E-state index in [1.165, 1.54) is 12.1 Å². The monoisotopic (exact) mass is 329 g/mol. The van der Waals surface area contributed by atoms with Gasteiger partial charge in [0.15, 0.2) is 0 Å². The third-order valence-corrected chi connectivity index (χ3v) is 4.16. The van der Waals surface area contributed by atoms with Gasteiger partial charge in [-0.25, -0.2) is 9.37 Å². The fourth-order valence-corrected chi connectivity index (χ4v) is 2.88. The number of anilines is 2.